The number of hydrogen-bond donors (Lipinski definition) is 2. The molecule has 3 aliphatic rings. The second-order valence-electron chi connectivity index (χ2n) is 12.4. The third-order valence-electron chi connectivity index (χ3n) is 9.50. The van der Waals surface area contributed by atoms with E-state index < -0.39 is 23.4 Å². The number of pyridine rings is 1. The first-order valence-corrected chi connectivity index (χ1v) is 16.1. The first-order valence-electron chi connectivity index (χ1n) is 16.1. The van der Waals surface area contributed by atoms with Crippen LogP contribution in [0.2, 0.25) is 0 Å². The molecular weight excluding hydrogens is 609 g/mol. The summed E-state index contributed by atoms with van der Waals surface area (Å²) in [6.45, 7) is 0.693. The number of methoxy groups -OCH3 is 1. The quantitative estimate of drug-likeness (QED) is 0.139. The second kappa shape index (κ2) is 13.5. The number of halogens is 1. The lowest BCUT2D eigenvalue weighted by molar-refractivity contribution is -0.122. The lowest BCUT2D eigenvalue weighted by Crippen LogP contribution is -2.35. The van der Waals surface area contributed by atoms with Crippen LogP contribution in [0.3, 0.4) is 0 Å². The summed E-state index contributed by atoms with van der Waals surface area (Å²) in [5.74, 6) is -2.69. The van der Waals surface area contributed by atoms with E-state index in [4.69, 9.17) is 9.47 Å². The summed E-state index contributed by atoms with van der Waals surface area (Å²) >= 11 is 0. The molecule has 0 radical (unpaired) electrons. The zero-order valence-electron chi connectivity index (χ0n) is 26.5. The van der Waals surface area contributed by atoms with E-state index in [1.165, 1.54) is 17.0 Å². The van der Waals surface area contributed by atoms with Gasteiger partial charge >= 0.3 is 0 Å². The maximum absolute atomic E-state index is 14.2. The van der Waals surface area contributed by atoms with Gasteiger partial charge in [0.1, 0.15) is 0 Å². The molecule has 1 aliphatic carbocycles. The van der Waals surface area contributed by atoms with Gasteiger partial charge in [-0.05, 0) is 108 Å². The Morgan fingerprint density at radius 3 is 2.50 bits per heavy atom. The minimum absolute atomic E-state index is 0.189. The molecule has 7 rings (SSSR count). The molecule has 4 aromatic rings. The fourth-order valence-corrected chi connectivity index (χ4v) is 7.34. The number of anilines is 3. The van der Waals surface area contributed by atoms with Gasteiger partial charge in [-0.3, -0.25) is 19.5 Å². The van der Waals surface area contributed by atoms with Crippen molar-refractivity contribution >= 4 is 40.5 Å². The summed E-state index contributed by atoms with van der Waals surface area (Å²) in [5.41, 5.74) is 6.68. The molecule has 2 aliphatic heterocycles. The Kier molecular flexibility index (Phi) is 8.88. The standard InChI is InChI=1S/C39H36FN3O5/c1-47-22-26-21-30-37(39(46)43(38(30)45)29-14-12-28(13-15-29)42-27-7-3-2-4-8-27)31-23-48-35(36(26)31)17-11-25(33-9-5-6-18-41-33)19-24-10-16-34(44)32(40)20-24/h2-10,12-16,18-20,30-31,35,37,42,44H,11,17,21-23H2,1H3/b25-19-/t30-,31+,35-,37-/m1/s1. The highest BCUT2D eigenvalue weighted by Crippen LogP contribution is 2.50. The van der Waals surface area contributed by atoms with Crippen molar-refractivity contribution < 1.29 is 28.6 Å². The number of para-hydroxylation sites is 1. The smallest absolute Gasteiger partial charge is 0.238 e. The number of aromatic nitrogens is 1. The van der Waals surface area contributed by atoms with Crippen LogP contribution in [0.5, 0.6) is 5.75 Å². The Labute approximate surface area is 278 Å². The molecule has 0 unspecified atom stereocenters. The topological polar surface area (TPSA) is 101 Å². The van der Waals surface area contributed by atoms with Crippen molar-refractivity contribution in [1.29, 1.82) is 0 Å². The number of imide groups is 1. The normalized spacial score (nSPS) is 22.2. The van der Waals surface area contributed by atoms with Crippen LogP contribution in [-0.4, -0.2) is 48.3 Å². The van der Waals surface area contributed by atoms with Gasteiger partial charge in [0.25, 0.3) is 0 Å². The number of hydrogen-bond acceptors (Lipinski definition) is 7. The van der Waals surface area contributed by atoms with Crippen LogP contribution in [0.1, 0.15) is 30.5 Å². The maximum Gasteiger partial charge on any atom is 0.238 e. The second-order valence-corrected chi connectivity index (χ2v) is 12.4. The van der Waals surface area contributed by atoms with Crippen LogP contribution >= 0.6 is 0 Å². The van der Waals surface area contributed by atoms with E-state index >= 15 is 0 Å². The van der Waals surface area contributed by atoms with Crippen LogP contribution in [0.4, 0.5) is 21.5 Å². The van der Waals surface area contributed by atoms with Crippen LogP contribution in [0.25, 0.3) is 11.6 Å². The fourth-order valence-electron chi connectivity index (χ4n) is 7.34. The average Bonchev–Trinajstić information content (AvgIpc) is 3.64. The van der Waals surface area contributed by atoms with Gasteiger partial charge in [-0.2, -0.15) is 0 Å². The number of amides is 2. The number of ether oxygens (including phenoxy) is 2. The molecule has 3 aromatic carbocycles. The summed E-state index contributed by atoms with van der Waals surface area (Å²) in [6, 6.07) is 27.1. The highest BCUT2D eigenvalue weighted by atomic mass is 19.1. The highest BCUT2D eigenvalue weighted by Gasteiger charge is 2.57. The number of aromatic hydroxyl groups is 1. The first kappa shape index (κ1) is 31.5. The fraction of sp³-hybridized carbons (Fsp3) is 0.256. The van der Waals surface area contributed by atoms with E-state index in [2.05, 4.69) is 10.3 Å². The minimum Gasteiger partial charge on any atom is -0.505 e. The number of rotatable bonds is 10. The molecule has 2 amide bonds. The van der Waals surface area contributed by atoms with Gasteiger partial charge in [0.15, 0.2) is 11.6 Å². The molecular formula is C39H36FN3O5. The van der Waals surface area contributed by atoms with E-state index in [1.807, 2.05) is 78.9 Å². The Morgan fingerprint density at radius 2 is 1.77 bits per heavy atom. The van der Waals surface area contributed by atoms with Gasteiger partial charge in [0, 0.05) is 30.6 Å². The zero-order chi connectivity index (χ0) is 33.2. The molecule has 0 spiro atoms. The molecule has 2 N–H and O–H groups in total. The van der Waals surface area contributed by atoms with Crippen LogP contribution < -0.4 is 10.2 Å². The van der Waals surface area contributed by atoms with Crippen molar-refractivity contribution in [2.24, 2.45) is 17.8 Å². The first-order chi connectivity index (χ1) is 23.4. The number of nitrogens with zero attached hydrogens (tertiary/aromatic N) is 2. The third-order valence-corrected chi connectivity index (χ3v) is 9.50. The molecule has 0 saturated carbocycles. The maximum atomic E-state index is 14.2. The molecule has 0 bridgehead atoms. The van der Waals surface area contributed by atoms with Crippen molar-refractivity contribution in [3.05, 3.63) is 125 Å². The van der Waals surface area contributed by atoms with E-state index in [1.54, 1.807) is 19.4 Å². The minimum atomic E-state index is -0.693. The van der Waals surface area contributed by atoms with Gasteiger partial charge in [0.2, 0.25) is 11.8 Å². The predicted molar refractivity (Wildman–Crippen MR) is 182 cm³/mol. The Hall–Kier alpha value is -5.12. The van der Waals surface area contributed by atoms with Crippen molar-refractivity contribution in [3.8, 4) is 5.75 Å². The molecule has 2 fully saturated rings. The summed E-state index contributed by atoms with van der Waals surface area (Å²) in [6.07, 6.45) is 4.92. The molecule has 4 atom stereocenters. The number of benzene rings is 3. The van der Waals surface area contributed by atoms with Gasteiger partial charge in [-0.1, -0.05) is 30.3 Å². The van der Waals surface area contributed by atoms with Gasteiger partial charge < -0.3 is 19.9 Å². The van der Waals surface area contributed by atoms with Crippen LogP contribution in [0.15, 0.2) is 108 Å². The average molecular weight is 646 g/mol. The number of allylic oxidation sites excluding steroid dienone is 1. The lowest BCUT2D eigenvalue weighted by atomic mass is 9.69. The van der Waals surface area contributed by atoms with Crippen molar-refractivity contribution in [1.82, 2.24) is 4.98 Å². The summed E-state index contributed by atoms with van der Waals surface area (Å²) in [7, 11) is 1.64. The lowest BCUT2D eigenvalue weighted by Gasteiger charge is -2.31. The van der Waals surface area contributed by atoms with E-state index in [-0.39, 0.29) is 23.8 Å². The zero-order valence-corrected chi connectivity index (χ0v) is 26.5. The van der Waals surface area contributed by atoms with Crippen LogP contribution in [0, 0.1) is 23.6 Å². The van der Waals surface area contributed by atoms with Gasteiger partial charge in [-0.25, -0.2) is 4.39 Å². The highest BCUT2D eigenvalue weighted by molar-refractivity contribution is 6.22. The molecule has 244 valence electrons. The van der Waals surface area contributed by atoms with E-state index in [0.29, 0.717) is 43.7 Å². The third kappa shape index (κ3) is 6.14. The monoisotopic (exact) mass is 645 g/mol. The predicted octanol–water partition coefficient (Wildman–Crippen LogP) is 7.16. The Bertz CT molecular complexity index is 1880. The van der Waals surface area contributed by atoms with Gasteiger partial charge in [0.05, 0.1) is 42.5 Å². The molecule has 2 saturated heterocycles. The molecule has 9 heteroatoms. The van der Waals surface area contributed by atoms with E-state index in [9.17, 15) is 19.1 Å². The molecule has 3 heterocycles. The number of carbonyl (C=O) groups is 2. The van der Waals surface area contributed by atoms with Gasteiger partial charge in [-0.15, -0.1) is 0 Å². The number of nitrogens with one attached hydrogen (secondary N) is 1. The molecule has 1 aromatic heterocycles. The Morgan fingerprint density at radius 1 is 1.00 bits per heavy atom. The molecule has 8 nitrogen and oxygen atoms in total. The van der Waals surface area contributed by atoms with Crippen LogP contribution in [-0.2, 0) is 19.1 Å². The molecule has 48 heavy (non-hydrogen) atoms. The SMILES string of the molecule is COCC1=C2[C@@H](CC/C(=C/c3ccc(O)c(F)c3)c3ccccn3)OC[C@@H]2[C@@H]2C(=O)N(c3ccc(Nc4ccccc4)cc3)C(=O)[C@@H]2C1. The van der Waals surface area contributed by atoms with Crippen molar-refractivity contribution in [2.45, 2.75) is 25.4 Å². The Balaban J connectivity index is 1.12. The summed E-state index contributed by atoms with van der Waals surface area (Å²) < 4.78 is 26.2. The number of phenols is 1. The number of fused-ring (bicyclic) bond motifs is 3. The summed E-state index contributed by atoms with van der Waals surface area (Å²) in [5, 5.41) is 13.0. The number of phenolic OH excluding ortho intramolecular Hbond substituents is 1. The van der Waals surface area contributed by atoms with E-state index in [0.717, 1.165) is 33.8 Å². The van der Waals surface area contributed by atoms with Crippen molar-refractivity contribution in [2.75, 3.05) is 30.5 Å². The summed E-state index contributed by atoms with van der Waals surface area (Å²) in [4.78, 5) is 33.8. The largest absolute Gasteiger partial charge is 0.505 e. The number of carbonyl (C=O) groups excluding carboxylic acids is 2. The van der Waals surface area contributed by atoms with Crippen molar-refractivity contribution in [3.63, 3.8) is 0 Å².